The molecule has 14 heavy (non-hydrogen) atoms. The molecule has 1 N–H and O–H groups in total. The van der Waals surface area contributed by atoms with Gasteiger partial charge in [-0.2, -0.15) is 0 Å². The highest BCUT2D eigenvalue weighted by atomic mass is 35.5. The van der Waals surface area contributed by atoms with Crippen LogP contribution in [0.25, 0.3) is 0 Å². The van der Waals surface area contributed by atoms with Crippen LogP contribution in [-0.2, 0) is 5.41 Å². The van der Waals surface area contributed by atoms with Crippen LogP contribution in [0.3, 0.4) is 0 Å². The van der Waals surface area contributed by atoms with E-state index in [1.807, 2.05) is 13.8 Å². The Hall–Kier alpha value is -0.600. The fraction of sp³-hybridized carbons (Fsp3) is 0.455. The minimum atomic E-state index is -0.298. The van der Waals surface area contributed by atoms with Gasteiger partial charge in [0.1, 0.15) is 5.82 Å². The van der Waals surface area contributed by atoms with Crippen molar-refractivity contribution in [2.75, 3.05) is 6.61 Å². The normalized spacial score (nSPS) is 11.8. The smallest absolute Gasteiger partial charge is 0.123 e. The third-order valence-electron chi connectivity index (χ3n) is 2.39. The largest absolute Gasteiger partial charge is 0.396 e. The van der Waals surface area contributed by atoms with E-state index in [1.165, 1.54) is 12.1 Å². The van der Waals surface area contributed by atoms with E-state index in [9.17, 15) is 4.39 Å². The summed E-state index contributed by atoms with van der Waals surface area (Å²) in [5.74, 6) is -0.296. The molecule has 0 aliphatic heterocycles. The Morgan fingerprint density at radius 1 is 1.43 bits per heavy atom. The van der Waals surface area contributed by atoms with Gasteiger partial charge in [0.2, 0.25) is 0 Å². The van der Waals surface area contributed by atoms with Gasteiger partial charge in [0.25, 0.3) is 0 Å². The van der Waals surface area contributed by atoms with E-state index in [0.717, 1.165) is 5.56 Å². The van der Waals surface area contributed by atoms with Gasteiger partial charge in [0.15, 0.2) is 0 Å². The quantitative estimate of drug-likeness (QED) is 0.823. The molecular formula is C11H14ClFO. The minimum absolute atomic E-state index is 0.0693. The highest BCUT2D eigenvalue weighted by Crippen LogP contribution is 2.32. The second kappa shape index (κ2) is 4.28. The number of benzene rings is 1. The molecule has 0 fully saturated rings. The SMILES string of the molecule is CC(C)(CCO)c1cc(F)ccc1Cl. The zero-order valence-electron chi connectivity index (χ0n) is 8.35. The predicted molar refractivity (Wildman–Crippen MR) is 56.1 cm³/mol. The van der Waals surface area contributed by atoms with Crippen LogP contribution in [0.1, 0.15) is 25.8 Å². The molecule has 0 atom stereocenters. The van der Waals surface area contributed by atoms with Gasteiger partial charge in [-0.05, 0) is 35.6 Å². The number of rotatable bonds is 3. The van der Waals surface area contributed by atoms with Crippen LogP contribution in [0, 0.1) is 5.82 Å². The summed E-state index contributed by atoms with van der Waals surface area (Å²) < 4.78 is 13.0. The molecule has 0 aliphatic rings. The van der Waals surface area contributed by atoms with Gasteiger partial charge in [-0.25, -0.2) is 4.39 Å². The van der Waals surface area contributed by atoms with Crippen molar-refractivity contribution in [2.24, 2.45) is 0 Å². The number of hydrogen-bond acceptors (Lipinski definition) is 1. The topological polar surface area (TPSA) is 20.2 Å². The number of aliphatic hydroxyl groups excluding tert-OH is 1. The van der Waals surface area contributed by atoms with Crippen molar-refractivity contribution >= 4 is 11.6 Å². The van der Waals surface area contributed by atoms with Crippen molar-refractivity contribution < 1.29 is 9.50 Å². The Labute approximate surface area is 88.5 Å². The van der Waals surface area contributed by atoms with E-state index in [4.69, 9.17) is 16.7 Å². The van der Waals surface area contributed by atoms with E-state index in [2.05, 4.69) is 0 Å². The lowest BCUT2D eigenvalue weighted by Crippen LogP contribution is -2.19. The Morgan fingerprint density at radius 2 is 2.07 bits per heavy atom. The first-order valence-electron chi connectivity index (χ1n) is 4.54. The van der Waals surface area contributed by atoms with Gasteiger partial charge in [-0.1, -0.05) is 25.4 Å². The maximum absolute atomic E-state index is 13.0. The molecule has 0 saturated heterocycles. The predicted octanol–water partition coefficient (Wildman–Crippen LogP) is 3.14. The first-order chi connectivity index (χ1) is 6.47. The minimum Gasteiger partial charge on any atom is -0.396 e. The molecule has 3 heteroatoms. The molecule has 78 valence electrons. The number of halogens is 2. The monoisotopic (exact) mass is 216 g/mol. The van der Waals surface area contributed by atoms with E-state index in [0.29, 0.717) is 11.4 Å². The number of hydrogen-bond donors (Lipinski definition) is 1. The van der Waals surface area contributed by atoms with Crippen molar-refractivity contribution in [1.82, 2.24) is 0 Å². The molecular weight excluding hydrogens is 203 g/mol. The van der Waals surface area contributed by atoms with Crippen molar-refractivity contribution in [3.8, 4) is 0 Å². The van der Waals surface area contributed by atoms with E-state index >= 15 is 0 Å². The van der Waals surface area contributed by atoms with Gasteiger partial charge in [-0.15, -0.1) is 0 Å². The molecule has 0 aliphatic carbocycles. The fourth-order valence-electron chi connectivity index (χ4n) is 1.43. The fourth-order valence-corrected chi connectivity index (χ4v) is 1.80. The summed E-state index contributed by atoms with van der Waals surface area (Å²) >= 11 is 5.97. The molecule has 1 rings (SSSR count). The summed E-state index contributed by atoms with van der Waals surface area (Å²) in [6.45, 7) is 3.94. The molecule has 1 aromatic rings. The lowest BCUT2D eigenvalue weighted by Gasteiger charge is -2.25. The molecule has 0 spiro atoms. The lowest BCUT2D eigenvalue weighted by atomic mass is 9.82. The molecule has 1 aromatic carbocycles. The van der Waals surface area contributed by atoms with Crippen molar-refractivity contribution in [1.29, 1.82) is 0 Å². The highest BCUT2D eigenvalue weighted by Gasteiger charge is 2.23. The van der Waals surface area contributed by atoms with Gasteiger partial charge < -0.3 is 5.11 Å². The Kier molecular flexibility index (Phi) is 3.51. The van der Waals surface area contributed by atoms with Crippen molar-refractivity contribution in [2.45, 2.75) is 25.7 Å². The van der Waals surface area contributed by atoms with Gasteiger partial charge >= 0.3 is 0 Å². The second-order valence-corrected chi connectivity index (χ2v) is 4.39. The summed E-state index contributed by atoms with van der Waals surface area (Å²) in [4.78, 5) is 0. The molecule has 0 heterocycles. The zero-order valence-corrected chi connectivity index (χ0v) is 9.11. The number of aliphatic hydroxyl groups is 1. The van der Waals surface area contributed by atoms with Gasteiger partial charge in [0.05, 0.1) is 0 Å². The Bertz CT molecular complexity index is 323. The van der Waals surface area contributed by atoms with Crippen LogP contribution >= 0.6 is 11.6 Å². The Morgan fingerprint density at radius 3 is 2.64 bits per heavy atom. The second-order valence-electron chi connectivity index (χ2n) is 3.98. The standard InChI is InChI=1S/C11H14ClFO/c1-11(2,5-6-14)9-7-8(13)3-4-10(9)12/h3-4,7,14H,5-6H2,1-2H3. The first-order valence-corrected chi connectivity index (χ1v) is 4.91. The lowest BCUT2D eigenvalue weighted by molar-refractivity contribution is 0.252. The Balaban J connectivity index is 3.10. The average molecular weight is 217 g/mol. The van der Waals surface area contributed by atoms with E-state index in [1.54, 1.807) is 6.07 Å². The van der Waals surface area contributed by atoms with Gasteiger partial charge in [0, 0.05) is 11.6 Å². The maximum Gasteiger partial charge on any atom is 0.123 e. The first kappa shape index (κ1) is 11.5. The molecule has 0 saturated carbocycles. The van der Waals surface area contributed by atoms with Crippen molar-refractivity contribution in [3.63, 3.8) is 0 Å². The molecule has 1 nitrogen and oxygen atoms in total. The maximum atomic E-state index is 13.0. The summed E-state index contributed by atoms with van der Waals surface area (Å²) in [5, 5.41) is 9.43. The summed E-state index contributed by atoms with van der Waals surface area (Å²) in [7, 11) is 0. The highest BCUT2D eigenvalue weighted by molar-refractivity contribution is 6.31. The van der Waals surface area contributed by atoms with Crippen LogP contribution in [0.2, 0.25) is 5.02 Å². The van der Waals surface area contributed by atoms with Crippen LogP contribution in [0.15, 0.2) is 18.2 Å². The average Bonchev–Trinajstić information content (AvgIpc) is 2.09. The van der Waals surface area contributed by atoms with Crippen LogP contribution in [0.4, 0.5) is 4.39 Å². The third kappa shape index (κ3) is 2.46. The zero-order chi connectivity index (χ0) is 10.8. The molecule has 0 unspecified atom stereocenters. The van der Waals surface area contributed by atoms with E-state index < -0.39 is 0 Å². The molecule has 0 radical (unpaired) electrons. The van der Waals surface area contributed by atoms with Crippen LogP contribution in [0.5, 0.6) is 0 Å². The van der Waals surface area contributed by atoms with Crippen LogP contribution < -0.4 is 0 Å². The summed E-state index contributed by atoms with van der Waals surface area (Å²) in [5.41, 5.74) is 0.446. The van der Waals surface area contributed by atoms with Crippen molar-refractivity contribution in [3.05, 3.63) is 34.6 Å². The van der Waals surface area contributed by atoms with E-state index in [-0.39, 0.29) is 17.8 Å². The summed E-state index contributed by atoms with van der Waals surface area (Å²) in [6, 6.07) is 4.31. The summed E-state index contributed by atoms with van der Waals surface area (Å²) in [6.07, 6.45) is 0.566. The molecule has 0 amide bonds. The van der Waals surface area contributed by atoms with Gasteiger partial charge in [-0.3, -0.25) is 0 Å². The molecule has 0 aromatic heterocycles. The molecule has 0 bridgehead atoms. The third-order valence-corrected chi connectivity index (χ3v) is 2.72. The van der Waals surface area contributed by atoms with Crippen LogP contribution in [-0.4, -0.2) is 11.7 Å².